The molecule has 2 aromatic heterocycles. The van der Waals surface area contributed by atoms with Crippen LogP contribution in [-0.4, -0.2) is 51.9 Å². The molecule has 0 aliphatic carbocycles. The summed E-state index contributed by atoms with van der Waals surface area (Å²) in [6.45, 7) is 1.86. The largest absolute Gasteiger partial charge is 0.481 e. The second kappa shape index (κ2) is 7.62. The highest BCUT2D eigenvalue weighted by molar-refractivity contribution is 5.75. The van der Waals surface area contributed by atoms with Crippen molar-refractivity contribution in [3.05, 3.63) is 54.0 Å². The number of aromatic nitrogens is 3. The number of benzene rings is 1. The van der Waals surface area contributed by atoms with Gasteiger partial charge >= 0.3 is 0 Å². The third kappa shape index (κ3) is 3.79. The summed E-state index contributed by atoms with van der Waals surface area (Å²) in [6, 6.07) is 11.7. The highest BCUT2D eigenvalue weighted by Crippen LogP contribution is 2.22. The Hall–Kier alpha value is -2.51. The fourth-order valence-corrected chi connectivity index (χ4v) is 3.48. The van der Waals surface area contributed by atoms with Crippen LogP contribution in [0.1, 0.15) is 11.4 Å². The van der Waals surface area contributed by atoms with Gasteiger partial charge in [-0.05, 0) is 17.7 Å². The van der Waals surface area contributed by atoms with E-state index in [1.54, 1.807) is 13.3 Å². The zero-order valence-corrected chi connectivity index (χ0v) is 15.5. The SMILES string of the molecule is COc1ccc(CN2C[C@@H](F)[C@@H](OCc3nc4ccccc4n3C)C2)cn1. The lowest BCUT2D eigenvalue weighted by molar-refractivity contribution is 0.00749. The minimum Gasteiger partial charge on any atom is -0.481 e. The molecule has 7 heteroatoms. The van der Waals surface area contributed by atoms with Gasteiger partial charge in [-0.15, -0.1) is 0 Å². The van der Waals surface area contributed by atoms with E-state index in [4.69, 9.17) is 9.47 Å². The van der Waals surface area contributed by atoms with Crippen LogP contribution in [0.15, 0.2) is 42.6 Å². The lowest BCUT2D eigenvalue weighted by Crippen LogP contribution is -2.25. The van der Waals surface area contributed by atoms with Crippen molar-refractivity contribution in [2.45, 2.75) is 25.4 Å². The Labute approximate surface area is 157 Å². The van der Waals surface area contributed by atoms with Crippen LogP contribution < -0.4 is 4.74 Å². The Bertz CT molecular complexity index is 912. The fourth-order valence-electron chi connectivity index (χ4n) is 3.48. The van der Waals surface area contributed by atoms with Crippen molar-refractivity contribution in [1.29, 1.82) is 0 Å². The predicted molar refractivity (Wildman–Crippen MR) is 100 cm³/mol. The number of fused-ring (bicyclic) bond motifs is 1. The van der Waals surface area contributed by atoms with Crippen molar-refractivity contribution >= 4 is 11.0 Å². The second-order valence-electron chi connectivity index (χ2n) is 6.84. The molecule has 0 radical (unpaired) electrons. The van der Waals surface area contributed by atoms with E-state index in [1.165, 1.54) is 0 Å². The molecule has 1 aliphatic rings. The normalized spacial score (nSPS) is 20.4. The Morgan fingerprint density at radius 1 is 1.19 bits per heavy atom. The first-order chi connectivity index (χ1) is 13.1. The first-order valence-corrected chi connectivity index (χ1v) is 9.01. The Morgan fingerprint density at radius 3 is 2.78 bits per heavy atom. The summed E-state index contributed by atoms with van der Waals surface area (Å²) in [5, 5.41) is 0. The summed E-state index contributed by atoms with van der Waals surface area (Å²) >= 11 is 0. The van der Waals surface area contributed by atoms with Gasteiger partial charge in [0.1, 0.15) is 24.7 Å². The Kier molecular flexibility index (Phi) is 5.05. The van der Waals surface area contributed by atoms with Gasteiger partial charge in [-0.3, -0.25) is 4.90 Å². The Balaban J connectivity index is 1.36. The highest BCUT2D eigenvalue weighted by atomic mass is 19.1. The molecule has 0 saturated carbocycles. The summed E-state index contributed by atoms with van der Waals surface area (Å²) < 4.78 is 27.4. The van der Waals surface area contributed by atoms with E-state index < -0.39 is 12.3 Å². The number of hydrogen-bond donors (Lipinski definition) is 0. The number of methoxy groups -OCH3 is 1. The number of aryl methyl sites for hydroxylation is 1. The molecule has 0 amide bonds. The number of halogens is 1. The van der Waals surface area contributed by atoms with Gasteiger partial charge in [0.2, 0.25) is 5.88 Å². The summed E-state index contributed by atoms with van der Waals surface area (Å²) in [6.07, 6.45) is 0.307. The molecule has 142 valence electrons. The van der Waals surface area contributed by atoms with Crippen LogP contribution in [-0.2, 0) is 24.9 Å². The van der Waals surface area contributed by atoms with Crippen LogP contribution in [0.3, 0.4) is 0 Å². The first-order valence-electron chi connectivity index (χ1n) is 9.01. The fraction of sp³-hybridized carbons (Fsp3) is 0.400. The monoisotopic (exact) mass is 370 g/mol. The van der Waals surface area contributed by atoms with E-state index in [2.05, 4.69) is 9.97 Å². The van der Waals surface area contributed by atoms with Crippen molar-refractivity contribution in [2.75, 3.05) is 20.2 Å². The van der Waals surface area contributed by atoms with Crippen molar-refractivity contribution in [3.63, 3.8) is 0 Å². The Morgan fingerprint density at radius 2 is 2.04 bits per heavy atom. The number of para-hydroxylation sites is 2. The third-order valence-electron chi connectivity index (χ3n) is 4.99. The van der Waals surface area contributed by atoms with Crippen molar-refractivity contribution in [3.8, 4) is 5.88 Å². The molecule has 0 unspecified atom stereocenters. The van der Waals surface area contributed by atoms with Gasteiger partial charge in [0.05, 0.1) is 18.1 Å². The molecule has 3 aromatic rings. The van der Waals surface area contributed by atoms with Crippen LogP contribution in [0.5, 0.6) is 5.88 Å². The molecular formula is C20H23FN4O2. The van der Waals surface area contributed by atoms with Crippen molar-refractivity contribution in [1.82, 2.24) is 19.4 Å². The molecule has 27 heavy (non-hydrogen) atoms. The van der Waals surface area contributed by atoms with Crippen LogP contribution in [0.4, 0.5) is 4.39 Å². The number of pyridine rings is 1. The molecule has 0 N–H and O–H groups in total. The first kappa shape index (κ1) is 17.9. The summed E-state index contributed by atoms with van der Waals surface area (Å²) in [4.78, 5) is 10.8. The van der Waals surface area contributed by atoms with Gasteiger partial charge in [0, 0.05) is 38.9 Å². The van der Waals surface area contributed by atoms with Gasteiger partial charge in [-0.2, -0.15) is 0 Å². The summed E-state index contributed by atoms with van der Waals surface area (Å²) in [5.74, 6) is 1.38. The van der Waals surface area contributed by atoms with E-state index in [0.29, 0.717) is 32.1 Å². The maximum Gasteiger partial charge on any atom is 0.212 e. The van der Waals surface area contributed by atoms with Crippen LogP contribution >= 0.6 is 0 Å². The van der Waals surface area contributed by atoms with Gasteiger partial charge in [-0.25, -0.2) is 14.4 Å². The molecule has 1 aliphatic heterocycles. The topological polar surface area (TPSA) is 52.4 Å². The van der Waals surface area contributed by atoms with E-state index in [-0.39, 0.29) is 0 Å². The van der Waals surface area contributed by atoms with Crippen molar-refractivity contribution in [2.24, 2.45) is 7.05 Å². The lowest BCUT2D eigenvalue weighted by atomic mass is 10.2. The van der Waals surface area contributed by atoms with Crippen LogP contribution in [0.2, 0.25) is 0 Å². The molecule has 4 rings (SSSR count). The minimum atomic E-state index is -1.01. The van der Waals surface area contributed by atoms with E-state index in [0.717, 1.165) is 22.4 Å². The molecule has 0 bridgehead atoms. The van der Waals surface area contributed by atoms with Gasteiger partial charge < -0.3 is 14.0 Å². The standard InChI is InChI=1S/C20H23FN4O2/c1-24-17-6-4-3-5-16(17)23-19(24)13-27-18-12-25(11-15(18)21)10-14-7-8-20(26-2)22-9-14/h3-9,15,18H,10-13H2,1-2H3/t15-,18+/m1/s1. The molecule has 6 nitrogen and oxygen atoms in total. The molecule has 3 heterocycles. The molecule has 1 aromatic carbocycles. The van der Waals surface area contributed by atoms with E-state index in [9.17, 15) is 4.39 Å². The number of rotatable bonds is 6. The van der Waals surface area contributed by atoms with Crippen molar-refractivity contribution < 1.29 is 13.9 Å². The second-order valence-corrected chi connectivity index (χ2v) is 6.84. The van der Waals surface area contributed by atoms with Gasteiger partial charge in [-0.1, -0.05) is 18.2 Å². The maximum absolute atomic E-state index is 14.4. The zero-order valence-electron chi connectivity index (χ0n) is 15.5. The molecule has 2 atom stereocenters. The molecule has 0 spiro atoms. The number of imidazole rings is 1. The number of ether oxygens (including phenoxy) is 2. The summed E-state index contributed by atoms with van der Waals surface area (Å²) in [7, 11) is 3.54. The molecule has 1 fully saturated rings. The average Bonchev–Trinajstić information content (AvgIpc) is 3.20. The zero-order chi connectivity index (χ0) is 18.8. The average molecular weight is 370 g/mol. The quantitative estimate of drug-likeness (QED) is 0.668. The maximum atomic E-state index is 14.4. The number of likely N-dealkylation sites (tertiary alicyclic amines) is 1. The number of nitrogens with zero attached hydrogens (tertiary/aromatic N) is 4. The number of alkyl halides is 1. The highest BCUT2D eigenvalue weighted by Gasteiger charge is 2.33. The van der Waals surface area contributed by atoms with Gasteiger partial charge in [0.25, 0.3) is 0 Å². The summed E-state index contributed by atoms with van der Waals surface area (Å²) in [5.41, 5.74) is 3.00. The van der Waals surface area contributed by atoms with Crippen LogP contribution in [0.25, 0.3) is 11.0 Å². The van der Waals surface area contributed by atoms with E-state index in [1.807, 2.05) is 52.9 Å². The van der Waals surface area contributed by atoms with Gasteiger partial charge in [0.15, 0.2) is 0 Å². The molecule has 1 saturated heterocycles. The molecular weight excluding hydrogens is 347 g/mol. The smallest absolute Gasteiger partial charge is 0.212 e. The lowest BCUT2D eigenvalue weighted by Gasteiger charge is -2.16. The van der Waals surface area contributed by atoms with Crippen LogP contribution in [0, 0.1) is 0 Å². The predicted octanol–water partition coefficient (Wildman–Crippen LogP) is 2.72. The minimum absolute atomic E-state index is 0.300. The number of hydrogen-bond acceptors (Lipinski definition) is 5. The third-order valence-corrected chi connectivity index (χ3v) is 4.99. The van der Waals surface area contributed by atoms with E-state index >= 15 is 0 Å².